The Morgan fingerprint density at radius 1 is 0.889 bits per heavy atom. The van der Waals surface area contributed by atoms with Gasteiger partial charge in [0.05, 0.1) is 38.0 Å². The highest BCUT2D eigenvalue weighted by molar-refractivity contribution is 7.92. The summed E-state index contributed by atoms with van der Waals surface area (Å²) in [6.07, 6.45) is 5.26. The third-order valence-electron chi connectivity index (χ3n) is 7.01. The molecule has 3 atom stereocenters. The highest BCUT2D eigenvalue weighted by Gasteiger charge is 2.38. The minimum absolute atomic E-state index is 0.0504. The standard InChI is InChI=1S/C28H30N2O5S/c1-17-8-12-25(33-2)24(14-17)30-36(31,32)19-10-11-23-22(16-19)20-6-5-7-21(20)28(29-23)18-9-13-26(34-3)27(15-18)35-4/h5-6,8-16,20-21,28-30H,7H2,1-4H3/t20-,21+,28+/m0/s1. The van der Waals surface area contributed by atoms with Crippen molar-refractivity contribution in [3.05, 3.63) is 83.4 Å². The number of hydrogen-bond acceptors (Lipinski definition) is 6. The first kappa shape index (κ1) is 24.1. The van der Waals surface area contributed by atoms with Crippen molar-refractivity contribution >= 4 is 21.4 Å². The summed E-state index contributed by atoms with van der Waals surface area (Å²) in [5.74, 6) is 2.19. The van der Waals surface area contributed by atoms with Gasteiger partial charge < -0.3 is 19.5 Å². The molecule has 36 heavy (non-hydrogen) atoms. The third-order valence-corrected chi connectivity index (χ3v) is 8.37. The van der Waals surface area contributed by atoms with Gasteiger partial charge in [0.15, 0.2) is 11.5 Å². The normalized spacial score (nSPS) is 20.2. The zero-order valence-electron chi connectivity index (χ0n) is 20.7. The number of rotatable bonds is 7. The molecule has 1 heterocycles. The SMILES string of the molecule is COc1ccc(C)cc1NS(=O)(=O)c1ccc2c(c1)[C@H]1C=CC[C@H]1[C@@H](c1ccc(OC)c(OC)c1)N2. The maximum absolute atomic E-state index is 13.3. The van der Waals surface area contributed by atoms with Crippen LogP contribution in [0.2, 0.25) is 0 Å². The molecule has 188 valence electrons. The number of anilines is 2. The number of fused-ring (bicyclic) bond motifs is 3. The predicted octanol–water partition coefficient (Wildman–Crippen LogP) is 5.65. The van der Waals surface area contributed by atoms with Crippen LogP contribution in [0.4, 0.5) is 11.4 Å². The Morgan fingerprint density at radius 2 is 1.64 bits per heavy atom. The molecule has 0 fully saturated rings. The predicted molar refractivity (Wildman–Crippen MR) is 141 cm³/mol. The first-order valence-electron chi connectivity index (χ1n) is 11.8. The molecule has 1 aliphatic heterocycles. The van der Waals surface area contributed by atoms with E-state index in [0.717, 1.165) is 28.8 Å². The zero-order chi connectivity index (χ0) is 25.4. The van der Waals surface area contributed by atoms with Gasteiger partial charge in [-0.1, -0.05) is 24.3 Å². The maximum Gasteiger partial charge on any atom is 0.262 e. The van der Waals surface area contributed by atoms with E-state index in [2.05, 4.69) is 28.3 Å². The van der Waals surface area contributed by atoms with Crippen molar-refractivity contribution in [1.29, 1.82) is 0 Å². The molecule has 3 aromatic carbocycles. The monoisotopic (exact) mass is 506 g/mol. The molecule has 7 nitrogen and oxygen atoms in total. The summed E-state index contributed by atoms with van der Waals surface area (Å²) < 4.78 is 45.7. The molecule has 1 aliphatic carbocycles. The molecular weight excluding hydrogens is 476 g/mol. The van der Waals surface area contributed by atoms with Crippen molar-refractivity contribution in [2.75, 3.05) is 31.4 Å². The van der Waals surface area contributed by atoms with Gasteiger partial charge in [-0.05, 0) is 78.4 Å². The average molecular weight is 507 g/mol. The van der Waals surface area contributed by atoms with E-state index in [9.17, 15) is 8.42 Å². The van der Waals surface area contributed by atoms with Crippen molar-refractivity contribution in [1.82, 2.24) is 0 Å². The maximum atomic E-state index is 13.3. The molecule has 0 saturated heterocycles. The lowest BCUT2D eigenvalue weighted by Gasteiger charge is -2.38. The molecule has 0 spiro atoms. The van der Waals surface area contributed by atoms with Crippen molar-refractivity contribution in [3.8, 4) is 17.2 Å². The van der Waals surface area contributed by atoms with Gasteiger partial charge in [0.2, 0.25) is 0 Å². The Morgan fingerprint density at radius 3 is 2.39 bits per heavy atom. The highest BCUT2D eigenvalue weighted by atomic mass is 32.2. The topological polar surface area (TPSA) is 85.9 Å². The second-order valence-corrected chi connectivity index (χ2v) is 10.8. The molecular formula is C28H30N2O5S. The van der Waals surface area contributed by atoms with Crippen molar-refractivity contribution in [3.63, 3.8) is 0 Å². The first-order chi connectivity index (χ1) is 17.3. The molecule has 8 heteroatoms. The van der Waals surface area contributed by atoms with Crippen LogP contribution in [0.1, 0.15) is 35.1 Å². The number of hydrogen-bond donors (Lipinski definition) is 2. The number of nitrogens with one attached hydrogen (secondary N) is 2. The Hall–Kier alpha value is -3.65. The lowest BCUT2D eigenvalue weighted by molar-refractivity contribution is 0.353. The van der Waals surface area contributed by atoms with Gasteiger partial charge >= 0.3 is 0 Å². The number of methoxy groups -OCH3 is 3. The van der Waals surface area contributed by atoms with Crippen LogP contribution in [0.3, 0.4) is 0 Å². The Kier molecular flexibility index (Phi) is 6.30. The lowest BCUT2D eigenvalue weighted by Crippen LogP contribution is -2.29. The number of allylic oxidation sites excluding steroid dienone is 2. The number of sulfonamides is 1. The van der Waals surface area contributed by atoms with Crippen LogP contribution in [0.5, 0.6) is 17.2 Å². The lowest BCUT2D eigenvalue weighted by atomic mass is 9.77. The fraction of sp³-hybridized carbons (Fsp3) is 0.286. The number of ether oxygens (including phenoxy) is 3. The van der Waals surface area contributed by atoms with Gasteiger partial charge in [0.25, 0.3) is 10.0 Å². The fourth-order valence-corrected chi connectivity index (χ4v) is 6.32. The third kappa shape index (κ3) is 4.26. The molecule has 0 radical (unpaired) electrons. The first-order valence-corrected chi connectivity index (χ1v) is 13.3. The molecule has 0 unspecified atom stereocenters. The van der Waals surface area contributed by atoms with E-state index in [1.807, 2.05) is 31.2 Å². The van der Waals surface area contributed by atoms with Gasteiger partial charge in [0.1, 0.15) is 5.75 Å². The van der Waals surface area contributed by atoms with E-state index in [-0.39, 0.29) is 22.8 Å². The smallest absolute Gasteiger partial charge is 0.262 e. The Balaban J connectivity index is 1.49. The quantitative estimate of drug-likeness (QED) is 0.403. The van der Waals surface area contributed by atoms with Crippen molar-refractivity contribution in [2.45, 2.75) is 30.2 Å². The van der Waals surface area contributed by atoms with Crippen LogP contribution in [0, 0.1) is 12.8 Å². The summed E-state index contributed by atoms with van der Waals surface area (Å²) in [5, 5.41) is 3.66. The van der Waals surface area contributed by atoms with Gasteiger partial charge in [-0.2, -0.15) is 0 Å². The number of aryl methyl sites for hydroxylation is 1. The van der Waals surface area contributed by atoms with E-state index in [1.165, 1.54) is 7.11 Å². The van der Waals surface area contributed by atoms with Crippen LogP contribution in [0.25, 0.3) is 0 Å². The average Bonchev–Trinajstić information content (AvgIpc) is 3.38. The molecule has 0 aromatic heterocycles. The molecule has 0 bridgehead atoms. The largest absolute Gasteiger partial charge is 0.495 e. The summed E-state index contributed by atoms with van der Waals surface area (Å²) in [6, 6.07) is 16.7. The van der Waals surface area contributed by atoms with Gasteiger partial charge in [0, 0.05) is 11.6 Å². The van der Waals surface area contributed by atoms with Crippen molar-refractivity contribution in [2.24, 2.45) is 5.92 Å². The zero-order valence-corrected chi connectivity index (χ0v) is 21.6. The fourth-order valence-electron chi connectivity index (χ4n) is 5.22. The summed E-state index contributed by atoms with van der Waals surface area (Å²) in [5.41, 5.74) is 4.35. The van der Waals surface area contributed by atoms with Crippen LogP contribution >= 0.6 is 0 Å². The van der Waals surface area contributed by atoms with Gasteiger partial charge in [-0.3, -0.25) is 4.72 Å². The summed E-state index contributed by atoms with van der Waals surface area (Å²) in [4.78, 5) is 0.218. The van der Waals surface area contributed by atoms with E-state index >= 15 is 0 Å². The van der Waals surface area contributed by atoms with Crippen LogP contribution in [0.15, 0.2) is 71.6 Å². The van der Waals surface area contributed by atoms with Crippen LogP contribution in [-0.4, -0.2) is 29.7 Å². The van der Waals surface area contributed by atoms with E-state index < -0.39 is 10.0 Å². The Bertz CT molecular complexity index is 1430. The molecule has 0 amide bonds. The number of benzene rings is 3. The van der Waals surface area contributed by atoms with E-state index in [1.54, 1.807) is 38.5 Å². The minimum atomic E-state index is -3.82. The van der Waals surface area contributed by atoms with Crippen LogP contribution < -0.4 is 24.2 Å². The molecule has 5 rings (SSSR count). The summed E-state index contributed by atoms with van der Waals surface area (Å²) in [7, 11) is 0.959. The van der Waals surface area contributed by atoms with E-state index in [0.29, 0.717) is 22.9 Å². The van der Waals surface area contributed by atoms with Gasteiger partial charge in [-0.15, -0.1) is 0 Å². The second-order valence-electron chi connectivity index (χ2n) is 9.15. The van der Waals surface area contributed by atoms with Crippen molar-refractivity contribution < 1.29 is 22.6 Å². The second kappa shape index (κ2) is 9.43. The molecule has 2 aliphatic rings. The minimum Gasteiger partial charge on any atom is -0.495 e. The highest BCUT2D eigenvalue weighted by Crippen LogP contribution is 2.51. The molecule has 3 aromatic rings. The Labute approximate surface area is 212 Å². The summed E-state index contributed by atoms with van der Waals surface area (Å²) in [6.45, 7) is 1.91. The van der Waals surface area contributed by atoms with Crippen LogP contribution in [-0.2, 0) is 10.0 Å². The molecule has 2 N–H and O–H groups in total. The van der Waals surface area contributed by atoms with E-state index in [4.69, 9.17) is 14.2 Å². The summed E-state index contributed by atoms with van der Waals surface area (Å²) >= 11 is 0. The van der Waals surface area contributed by atoms with Gasteiger partial charge in [-0.25, -0.2) is 8.42 Å². The molecule has 0 saturated carbocycles.